The van der Waals surface area contributed by atoms with Crippen molar-refractivity contribution in [1.82, 2.24) is 15.4 Å². The number of hydrogen-bond donors (Lipinski definition) is 1. The van der Waals surface area contributed by atoms with Crippen LogP contribution in [0.3, 0.4) is 0 Å². The van der Waals surface area contributed by atoms with E-state index in [-0.39, 0.29) is 12.4 Å². The van der Waals surface area contributed by atoms with Crippen LogP contribution in [-0.4, -0.2) is 41.6 Å². The van der Waals surface area contributed by atoms with Crippen molar-refractivity contribution in [3.8, 4) is 11.3 Å². The number of halogens is 1. The largest absolute Gasteiger partial charge is 0.361 e. The monoisotopic (exact) mass is 431 g/mol. The molecule has 1 amide bonds. The van der Waals surface area contributed by atoms with Crippen LogP contribution in [0.2, 0.25) is 0 Å². The van der Waals surface area contributed by atoms with Gasteiger partial charge in [-0.2, -0.15) is 0 Å². The number of aryl methyl sites for hydroxylation is 1. The van der Waals surface area contributed by atoms with Gasteiger partial charge in [-0.3, -0.25) is 4.79 Å². The van der Waals surface area contributed by atoms with E-state index in [0.717, 1.165) is 55.7 Å². The van der Waals surface area contributed by atoms with E-state index in [1.807, 2.05) is 48.3 Å². The Labute approximate surface area is 186 Å². The van der Waals surface area contributed by atoms with Crippen molar-refractivity contribution in [3.63, 3.8) is 0 Å². The Morgan fingerprint density at radius 2 is 1.87 bits per heavy atom. The number of piperidine rings is 1. The van der Waals surface area contributed by atoms with Gasteiger partial charge in [0.2, 0.25) is 5.91 Å². The van der Waals surface area contributed by atoms with Crippen molar-refractivity contribution in [3.05, 3.63) is 42.2 Å². The van der Waals surface area contributed by atoms with Crippen molar-refractivity contribution in [1.29, 1.82) is 0 Å². The van der Waals surface area contributed by atoms with Crippen LogP contribution in [0.15, 0.2) is 40.9 Å². The molecular weight excluding hydrogens is 398 g/mol. The highest BCUT2D eigenvalue weighted by Gasteiger charge is 2.34. The van der Waals surface area contributed by atoms with Gasteiger partial charge < -0.3 is 14.7 Å². The molecule has 2 saturated heterocycles. The summed E-state index contributed by atoms with van der Waals surface area (Å²) in [5.74, 6) is 1.84. The molecule has 6 heteroatoms. The van der Waals surface area contributed by atoms with E-state index < -0.39 is 0 Å². The summed E-state index contributed by atoms with van der Waals surface area (Å²) >= 11 is 0. The molecule has 30 heavy (non-hydrogen) atoms. The lowest BCUT2D eigenvalue weighted by atomic mass is 9.89. The molecule has 1 N–H and O–H groups in total. The molecule has 2 aliphatic heterocycles. The molecule has 2 bridgehead atoms. The molecule has 2 unspecified atom stereocenters. The predicted molar refractivity (Wildman–Crippen MR) is 122 cm³/mol. The van der Waals surface area contributed by atoms with Gasteiger partial charge in [-0.1, -0.05) is 41.9 Å². The quantitative estimate of drug-likeness (QED) is 0.576. The molecule has 164 valence electrons. The maximum absolute atomic E-state index is 12.5. The van der Waals surface area contributed by atoms with E-state index in [4.69, 9.17) is 4.52 Å². The first kappa shape index (κ1) is 22.8. The molecule has 2 fully saturated rings. The fourth-order valence-corrected chi connectivity index (χ4v) is 4.87. The average Bonchev–Trinajstić information content (AvgIpc) is 3.34. The summed E-state index contributed by atoms with van der Waals surface area (Å²) in [7, 11) is 1.96. The number of benzene rings is 1. The van der Waals surface area contributed by atoms with Crippen molar-refractivity contribution >= 4 is 18.3 Å². The van der Waals surface area contributed by atoms with Crippen LogP contribution in [0.5, 0.6) is 0 Å². The number of nitrogens with one attached hydrogen (secondary N) is 1. The Kier molecular flexibility index (Phi) is 8.34. The number of fused-ring (bicyclic) bond motifs is 2. The Morgan fingerprint density at radius 1 is 1.13 bits per heavy atom. The molecule has 0 spiro atoms. The molecule has 1 aromatic heterocycles. The number of amides is 1. The molecule has 1 aromatic carbocycles. The maximum Gasteiger partial charge on any atom is 0.222 e. The van der Waals surface area contributed by atoms with Crippen LogP contribution in [0.25, 0.3) is 11.3 Å². The summed E-state index contributed by atoms with van der Waals surface area (Å²) in [6.07, 6.45) is 9.77. The molecule has 0 radical (unpaired) electrons. The van der Waals surface area contributed by atoms with Gasteiger partial charge in [0.25, 0.3) is 0 Å². The lowest BCUT2D eigenvalue weighted by Crippen LogP contribution is -2.40. The van der Waals surface area contributed by atoms with Crippen molar-refractivity contribution in [2.24, 2.45) is 5.92 Å². The predicted octanol–water partition coefficient (Wildman–Crippen LogP) is 4.86. The van der Waals surface area contributed by atoms with E-state index in [0.29, 0.717) is 23.9 Å². The van der Waals surface area contributed by atoms with Crippen molar-refractivity contribution in [2.45, 2.75) is 69.9 Å². The second-order valence-corrected chi connectivity index (χ2v) is 8.85. The Bertz CT molecular complexity index is 783. The van der Waals surface area contributed by atoms with E-state index >= 15 is 0 Å². The van der Waals surface area contributed by atoms with Gasteiger partial charge in [-0.05, 0) is 44.4 Å². The van der Waals surface area contributed by atoms with Crippen LogP contribution in [0.1, 0.15) is 57.1 Å². The topological polar surface area (TPSA) is 58.4 Å². The standard InChI is InChI=1S/C24H33N3O2.ClH/c1-27(24(28)16-18-14-20-11-12-21(15-18)25-20)13-7-3-6-10-22-17-23(26-29-22)19-8-4-2-5-9-19;/h2,4-5,8-9,17-18,20-21,25H,3,6-7,10-16H2,1H3;1H. The molecular formula is C24H34ClN3O2. The summed E-state index contributed by atoms with van der Waals surface area (Å²) in [5.41, 5.74) is 1.99. The molecule has 3 heterocycles. The Balaban J connectivity index is 0.00000256. The lowest BCUT2D eigenvalue weighted by molar-refractivity contribution is -0.131. The summed E-state index contributed by atoms with van der Waals surface area (Å²) in [4.78, 5) is 14.5. The molecule has 0 aliphatic carbocycles. The molecule has 5 nitrogen and oxygen atoms in total. The van der Waals surface area contributed by atoms with Crippen LogP contribution >= 0.6 is 12.4 Å². The number of carbonyl (C=O) groups is 1. The average molecular weight is 432 g/mol. The van der Waals surface area contributed by atoms with Crippen molar-refractivity contribution < 1.29 is 9.32 Å². The fourth-order valence-electron chi connectivity index (χ4n) is 4.87. The number of hydrogen-bond acceptors (Lipinski definition) is 4. The molecule has 2 atom stereocenters. The van der Waals surface area contributed by atoms with Crippen LogP contribution in [-0.2, 0) is 11.2 Å². The lowest BCUT2D eigenvalue weighted by Gasteiger charge is -2.30. The van der Waals surface area contributed by atoms with E-state index in [9.17, 15) is 4.79 Å². The summed E-state index contributed by atoms with van der Waals surface area (Å²) in [6, 6.07) is 13.5. The van der Waals surface area contributed by atoms with E-state index in [1.165, 1.54) is 25.7 Å². The number of aromatic nitrogens is 1. The minimum absolute atomic E-state index is 0. The zero-order valence-corrected chi connectivity index (χ0v) is 18.7. The highest BCUT2D eigenvalue weighted by Crippen LogP contribution is 2.32. The SMILES string of the molecule is CN(CCCCCc1cc(-c2ccccc2)no1)C(=O)CC1CC2CCC(C1)N2.Cl. The third-order valence-corrected chi connectivity index (χ3v) is 6.50. The number of unbranched alkanes of at least 4 members (excludes halogenated alkanes) is 2. The first-order valence-corrected chi connectivity index (χ1v) is 11.2. The second-order valence-electron chi connectivity index (χ2n) is 8.85. The highest BCUT2D eigenvalue weighted by molar-refractivity contribution is 5.85. The normalized spacial score (nSPS) is 22.5. The molecule has 0 saturated carbocycles. The smallest absolute Gasteiger partial charge is 0.222 e. The summed E-state index contributed by atoms with van der Waals surface area (Å²) < 4.78 is 5.47. The fraction of sp³-hybridized carbons (Fsp3) is 0.583. The number of nitrogens with zero attached hydrogens (tertiary/aromatic N) is 2. The van der Waals surface area contributed by atoms with Gasteiger partial charge in [0.1, 0.15) is 11.5 Å². The number of rotatable bonds is 9. The Morgan fingerprint density at radius 3 is 2.60 bits per heavy atom. The first-order valence-electron chi connectivity index (χ1n) is 11.2. The highest BCUT2D eigenvalue weighted by atomic mass is 35.5. The van der Waals surface area contributed by atoms with Gasteiger partial charge in [-0.25, -0.2) is 0 Å². The van der Waals surface area contributed by atoms with Crippen LogP contribution < -0.4 is 5.32 Å². The molecule has 2 aromatic rings. The zero-order chi connectivity index (χ0) is 20.1. The van der Waals surface area contributed by atoms with Crippen molar-refractivity contribution in [2.75, 3.05) is 13.6 Å². The summed E-state index contributed by atoms with van der Waals surface area (Å²) in [6.45, 7) is 0.850. The third-order valence-electron chi connectivity index (χ3n) is 6.50. The molecule has 4 rings (SSSR count). The van der Waals surface area contributed by atoms with E-state index in [2.05, 4.69) is 10.5 Å². The minimum Gasteiger partial charge on any atom is -0.361 e. The first-order chi connectivity index (χ1) is 14.2. The van der Waals surface area contributed by atoms with Gasteiger partial charge in [0.05, 0.1) is 0 Å². The zero-order valence-electron chi connectivity index (χ0n) is 17.9. The second kappa shape index (κ2) is 11.0. The Hall–Kier alpha value is -1.85. The summed E-state index contributed by atoms with van der Waals surface area (Å²) in [5, 5.41) is 7.83. The van der Waals surface area contributed by atoms with Gasteiger partial charge in [-0.15, -0.1) is 12.4 Å². The van der Waals surface area contributed by atoms with Crippen LogP contribution in [0, 0.1) is 5.92 Å². The van der Waals surface area contributed by atoms with Gasteiger partial charge in [0.15, 0.2) is 0 Å². The van der Waals surface area contributed by atoms with Gasteiger partial charge >= 0.3 is 0 Å². The number of carbonyl (C=O) groups excluding carboxylic acids is 1. The maximum atomic E-state index is 12.5. The van der Waals surface area contributed by atoms with Gasteiger partial charge in [0, 0.05) is 50.1 Å². The minimum atomic E-state index is 0. The molecule has 2 aliphatic rings. The van der Waals surface area contributed by atoms with E-state index in [1.54, 1.807) is 0 Å². The third kappa shape index (κ3) is 6.08. The van der Waals surface area contributed by atoms with Crippen LogP contribution in [0.4, 0.5) is 0 Å².